The molecule has 0 aliphatic carbocycles. The molecule has 0 radical (unpaired) electrons. The molecule has 0 saturated carbocycles. The highest BCUT2D eigenvalue weighted by Gasteiger charge is 2.12. The van der Waals surface area contributed by atoms with Crippen molar-refractivity contribution in [2.45, 2.75) is 0 Å². The molecule has 0 atom stereocenters. The van der Waals surface area contributed by atoms with Crippen LogP contribution in [0.5, 0.6) is 0 Å². The number of carbonyl (C=O) groups is 2. The molecule has 1 aromatic heterocycles. The van der Waals surface area contributed by atoms with E-state index >= 15 is 0 Å². The first-order valence-electron chi connectivity index (χ1n) is 8.71. The lowest BCUT2D eigenvalue weighted by Crippen LogP contribution is -2.14. The molecule has 2 amide bonds. The summed E-state index contributed by atoms with van der Waals surface area (Å²) in [6, 6.07) is 16.2. The molecule has 1 heterocycles. The lowest BCUT2D eigenvalue weighted by molar-refractivity contribution is -0.112. The number of anilines is 2. The smallest absolute Gasteiger partial charge is 0.256 e. The molecule has 0 unspecified atom stereocenters. The number of nitrogens with one attached hydrogen (secondary N) is 2. The first-order chi connectivity index (χ1) is 13.9. The van der Waals surface area contributed by atoms with Crippen molar-refractivity contribution in [2.75, 3.05) is 10.6 Å². The number of rotatable bonds is 6. The second kappa shape index (κ2) is 8.70. The number of hydrogen-bond donors (Lipinski definition) is 2. The zero-order valence-electron chi connectivity index (χ0n) is 15.8. The number of carbonyl (C=O) groups excluding carboxylic acids is 2. The van der Waals surface area contributed by atoms with Gasteiger partial charge in [0.15, 0.2) is 0 Å². The van der Waals surface area contributed by atoms with Crippen molar-refractivity contribution >= 4 is 39.2 Å². The van der Waals surface area contributed by atoms with Crippen LogP contribution in [-0.2, 0) is 11.8 Å². The van der Waals surface area contributed by atoms with E-state index in [0.717, 1.165) is 10.0 Å². The highest BCUT2D eigenvalue weighted by Crippen LogP contribution is 2.24. The van der Waals surface area contributed by atoms with E-state index < -0.39 is 0 Å². The van der Waals surface area contributed by atoms with Crippen LogP contribution in [-0.4, -0.2) is 21.6 Å². The van der Waals surface area contributed by atoms with Gasteiger partial charge < -0.3 is 10.6 Å². The van der Waals surface area contributed by atoms with Gasteiger partial charge in [-0.15, -0.1) is 0 Å². The summed E-state index contributed by atoms with van der Waals surface area (Å²) in [4.78, 5) is 24.3. The molecular weight excluding hydrogens is 432 g/mol. The van der Waals surface area contributed by atoms with Gasteiger partial charge in [0, 0.05) is 40.0 Å². The normalized spacial score (nSPS) is 10.3. The lowest BCUT2D eigenvalue weighted by atomic mass is 10.1. The summed E-state index contributed by atoms with van der Waals surface area (Å²) in [5, 5.41) is 10.1. The van der Waals surface area contributed by atoms with Crippen molar-refractivity contribution in [2.24, 2.45) is 7.05 Å². The van der Waals surface area contributed by atoms with Crippen LogP contribution < -0.4 is 10.6 Å². The predicted molar refractivity (Wildman–Crippen MR) is 119 cm³/mol. The minimum Gasteiger partial charge on any atom is -0.322 e. The Kier molecular flexibility index (Phi) is 6.09. The molecule has 29 heavy (non-hydrogen) atoms. The quantitative estimate of drug-likeness (QED) is 0.418. The monoisotopic (exact) mass is 450 g/mol. The summed E-state index contributed by atoms with van der Waals surface area (Å²) in [7, 11) is 1.76. The Morgan fingerprint density at radius 1 is 1.10 bits per heavy atom. The van der Waals surface area contributed by atoms with E-state index in [1.165, 1.54) is 6.08 Å². The maximum atomic E-state index is 12.5. The molecule has 146 valence electrons. The number of halogens is 1. The highest BCUT2D eigenvalue weighted by atomic mass is 79.9. The molecular formula is C22H19BrN4O2. The van der Waals surface area contributed by atoms with E-state index in [2.05, 4.69) is 44.8 Å². The molecule has 2 aromatic carbocycles. The molecule has 7 heteroatoms. The molecule has 0 bridgehead atoms. The molecule has 3 aromatic rings. The molecule has 6 nitrogen and oxygen atoms in total. The zero-order valence-corrected chi connectivity index (χ0v) is 17.4. The van der Waals surface area contributed by atoms with Crippen molar-refractivity contribution in [3.63, 3.8) is 0 Å². The third-order valence-electron chi connectivity index (χ3n) is 4.18. The summed E-state index contributed by atoms with van der Waals surface area (Å²) in [6.07, 6.45) is 1.40. The predicted octanol–water partition coefficient (Wildman–Crippen LogP) is 4.78. The standard InChI is InChI=1S/C22H19BrN4O2/c1-4-14(2)21(28)24-18-10-8-15(9-11-18)19-13-20(27(3)26-19)25-22(29)16-6-5-7-17(23)12-16/h4-13H,1-2H2,3H3,(H,24,28)(H,25,29). The van der Waals surface area contributed by atoms with Gasteiger partial charge in [-0.25, -0.2) is 0 Å². The minimum atomic E-state index is -0.303. The van der Waals surface area contributed by atoms with Crippen molar-refractivity contribution in [3.8, 4) is 11.3 Å². The van der Waals surface area contributed by atoms with Crippen molar-refractivity contribution < 1.29 is 9.59 Å². The van der Waals surface area contributed by atoms with Crippen LogP contribution in [0, 0.1) is 0 Å². The maximum Gasteiger partial charge on any atom is 0.256 e. The van der Waals surface area contributed by atoms with Crippen LogP contribution in [0.25, 0.3) is 11.3 Å². The van der Waals surface area contributed by atoms with Gasteiger partial charge in [-0.1, -0.05) is 53.4 Å². The van der Waals surface area contributed by atoms with E-state index in [1.807, 2.05) is 18.2 Å². The van der Waals surface area contributed by atoms with Gasteiger partial charge in [0.05, 0.1) is 5.69 Å². The number of benzene rings is 2. The van der Waals surface area contributed by atoms with E-state index in [1.54, 1.807) is 48.1 Å². The van der Waals surface area contributed by atoms with Gasteiger partial charge in [-0.3, -0.25) is 14.3 Å². The number of aromatic nitrogens is 2. The number of hydrogen-bond acceptors (Lipinski definition) is 3. The Morgan fingerprint density at radius 3 is 2.48 bits per heavy atom. The summed E-state index contributed by atoms with van der Waals surface area (Å²) in [6.45, 7) is 7.15. The fourth-order valence-corrected chi connectivity index (χ4v) is 2.97. The average molecular weight is 451 g/mol. The van der Waals surface area contributed by atoms with Gasteiger partial charge in [0.2, 0.25) is 0 Å². The number of aryl methyl sites for hydroxylation is 1. The fourth-order valence-electron chi connectivity index (χ4n) is 2.57. The molecule has 0 fully saturated rings. The molecule has 2 N–H and O–H groups in total. The third kappa shape index (κ3) is 4.89. The van der Waals surface area contributed by atoms with Crippen molar-refractivity contribution in [1.82, 2.24) is 9.78 Å². The van der Waals surface area contributed by atoms with E-state index in [-0.39, 0.29) is 11.8 Å². The molecule has 0 aliphatic rings. The van der Waals surface area contributed by atoms with Crippen molar-refractivity contribution in [1.29, 1.82) is 0 Å². The Balaban J connectivity index is 1.74. The average Bonchev–Trinajstić information content (AvgIpc) is 3.08. The largest absolute Gasteiger partial charge is 0.322 e. The van der Waals surface area contributed by atoms with Gasteiger partial charge >= 0.3 is 0 Å². The Morgan fingerprint density at radius 2 is 1.83 bits per heavy atom. The minimum absolute atomic E-state index is 0.221. The SMILES string of the molecule is C=CC(=C)C(=O)Nc1ccc(-c2cc(NC(=O)c3cccc(Br)c3)n(C)n2)cc1. The van der Waals surface area contributed by atoms with E-state index in [4.69, 9.17) is 0 Å². The summed E-state index contributed by atoms with van der Waals surface area (Å²) >= 11 is 3.36. The van der Waals surface area contributed by atoms with Gasteiger partial charge in [0.25, 0.3) is 11.8 Å². The van der Waals surface area contributed by atoms with E-state index in [9.17, 15) is 9.59 Å². The zero-order chi connectivity index (χ0) is 21.0. The lowest BCUT2D eigenvalue weighted by Gasteiger charge is -2.05. The van der Waals surface area contributed by atoms with Gasteiger partial charge in [-0.2, -0.15) is 5.10 Å². The molecule has 0 aliphatic heterocycles. The number of amides is 2. The summed E-state index contributed by atoms with van der Waals surface area (Å²) < 4.78 is 2.44. The first kappa shape index (κ1) is 20.3. The number of nitrogens with zero attached hydrogens (tertiary/aromatic N) is 2. The molecule has 0 saturated heterocycles. The first-order valence-corrected chi connectivity index (χ1v) is 9.51. The third-order valence-corrected chi connectivity index (χ3v) is 4.68. The van der Waals surface area contributed by atoms with Crippen LogP contribution in [0.1, 0.15) is 10.4 Å². The summed E-state index contributed by atoms with van der Waals surface area (Å²) in [5.74, 6) is 0.0501. The maximum absolute atomic E-state index is 12.5. The fraction of sp³-hybridized carbons (Fsp3) is 0.0455. The summed E-state index contributed by atoms with van der Waals surface area (Å²) in [5.41, 5.74) is 3.03. The Hall–Kier alpha value is -3.45. The molecule has 0 spiro atoms. The van der Waals surface area contributed by atoms with Crippen LogP contribution in [0.3, 0.4) is 0 Å². The van der Waals surface area contributed by atoms with Crippen LogP contribution in [0.15, 0.2) is 83.9 Å². The Labute approximate surface area is 177 Å². The topological polar surface area (TPSA) is 76.0 Å². The van der Waals surface area contributed by atoms with Crippen LogP contribution >= 0.6 is 15.9 Å². The van der Waals surface area contributed by atoms with Crippen molar-refractivity contribution in [3.05, 3.63) is 89.4 Å². The Bertz CT molecular complexity index is 1100. The van der Waals surface area contributed by atoms with Crippen LogP contribution in [0.2, 0.25) is 0 Å². The van der Waals surface area contributed by atoms with Gasteiger partial charge in [-0.05, 0) is 30.3 Å². The second-order valence-electron chi connectivity index (χ2n) is 6.26. The van der Waals surface area contributed by atoms with E-state index in [0.29, 0.717) is 28.3 Å². The van der Waals surface area contributed by atoms with Gasteiger partial charge in [0.1, 0.15) is 5.82 Å². The second-order valence-corrected chi connectivity index (χ2v) is 7.18. The highest BCUT2D eigenvalue weighted by molar-refractivity contribution is 9.10. The van der Waals surface area contributed by atoms with Crippen LogP contribution in [0.4, 0.5) is 11.5 Å². The molecule has 3 rings (SSSR count).